The summed E-state index contributed by atoms with van der Waals surface area (Å²) in [5, 5.41) is 11.9. The molecule has 1 nitrogen and oxygen atoms in total. The average molecular weight is 266 g/mol. The normalized spacial score (nSPS) is 35.5. The summed E-state index contributed by atoms with van der Waals surface area (Å²) in [6.07, 6.45) is 4.99. The van der Waals surface area contributed by atoms with Gasteiger partial charge < -0.3 is 5.11 Å². The van der Waals surface area contributed by atoms with Crippen molar-refractivity contribution in [3.63, 3.8) is 0 Å². The molecule has 3 heteroatoms. The zero-order valence-corrected chi connectivity index (χ0v) is 11.5. The Morgan fingerprint density at radius 1 is 1.28 bits per heavy atom. The van der Waals surface area contributed by atoms with Gasteiger partial charge in [0.2, 0.25) is 0 Å². The van der Waals surface area contributed by atoms with Crippen molar-refractivity contribution in [2.75, 3.05) is 0 Å². The number of aliphatic hydroxyl groups is 1. The molecule has 2 heterocycles. The molecule has 1 N–H and O–H groups in total. The molecule has 2 bridgehead atoms. The predicted octanol–water partition coefficient (Wildman–Crippen LogP) is 3.77. The predicted molar refractivity (Wildman–Crippen MR) is 73.3 cm³/mol. The molecule has 2 unspecified atom stereocenters. The van der Waals surface area contributed by atoms with Gasteiger partial charge in [0, 0.05) is 16.1 Å². The summed E-state index contributed by atoms with van der Waals surface area (Å²) < 4.78 is 14.2. The molecular formula is C15H19FOS. The van der Waals surface area contributed by atoms with Crippen LogP contribution in [0.4, 0.5) is 4.39 Å². The van der Waals surface area contributed by atoms with Crippen LogP contribution in [0.1, 0.15) is 43.2 Å². The highest BCUT2D eigenvalue weighted by Crippen LogP contribution is 2.49. The van der Waals surface area contributed by atoms with Crippen LogP contribution >= 0.6 is 11.8 Å². The highest BCUT2D eigenvalue weighted by Gasteiger charge is 2.43. The number of rotatable bonds is 1. The van der Waals surface area contributed by atoms with Crippen LogP contribution in [-0.2, 0) is 5.60 Å². The van der Waals surface area contributed by atoms with Gasteiger partial charge in [-0.3, -0.25) is 0 Å². The molecule has 2 atom stereocenters. The monoisotopic (exact) mass is 266 g/mol. The van der Waals surface area contributed by atoms with Crippen LogP contribution in [-0.4, -0.2) is 15.6 Å². The van der Waals surface area contributed by atoms with E-state index < -0.39 is 5.60 Å². The van der Waals surface area contributed by atoms with Crippen molar-refractivity contribution in [3.8, 4) is 0 Å². The zero-order valence-electron chi connectivity index (χ0n) is 10.7. The fourth-order valence-electron chi connectivity index (χ4n) is 3.35. The Morgan fingerprint density at radius 2 is 1.94 bits per heavy atom. The Hall–Kier alpha value is -0.540. The maximum absolute atomic E-state index is 14.2. The molecule has 1 aromatic carbocycles. The highest BCUT2D eigenvalue weighted by atomic mass is 32.2. The fourth-order valence-corrected chi connectivity index (χ4v) is 5.24. The van der Waals surface area contributed by atoms with Gasteiger partial charge in [0.15, 0.2) is 0 Å². The van der Waals surface area contributed by atoms with Crippen LogP contribution in [0.5, 0.6) is 0 Å². The molecule has 2 saturated heterocycles. The average Bonchev–Trinajstić information content (AvgIpc) is 2.32. The van der Waals surface area contributed by atoms with E-state index in [0.29, 0.717) is 34.5 Å². The second kappa shape index (κ2) is 4.53. The molecule has 2 aliphatic heterocycles. The van der Waals surface area contributed by atoms with Crippen LogP contribution < -0.4 is 0 Å². The van der Waals surface area contributed by atoms with E-state index in [-0.39, 0.29) is 5.82 Å². The first-order valence-electron chi connectivity index (χ1n) is 6.72. The van der Waals surface area contributed by atoms with Crippen molar-refractivity contribution >= 4 is 11.8 Å². The Balaban J connectivity index is 1.96. The van der Waals surface area contributed by atoms with Crippen molar-refractivity contribution in [1.29, 1.82) is 0 Å². The molecule has 0 radical (unpaired) electrons. The number of benzene rings is 1. The third-order valence-electron chi connectivity index (χ3n) is 4.26. The lowest BCUT2D eigenvalue weighted by molar-refractivity contribution is 0.00483. The minimum Gasteiger partial charge on any atom is -0.385 e. The Morgan fingerprint density at radius 3 is 2.61 bits per heavy atom. The second-order valence-electron chi connectivity index (χ2n) is 5.69. The smallest absolute Gasteiger partial charge is 0.132 e. The van der Waals surface area contributed by atoms with Gasteiger partial charge >= 0.3 is 0 Å². The largest absolute Gasteiger partial charge is 0.385 e. The molecule has 0 spiro atoms. The number of aryl methyl sites for hydroxylation is 1. The summed E-state index contributed by atoms with van der Waals surface area (Å²) in [5.41, 5.74) is 0.195. The SMILES string of the molecule is Cc1cccc(C2(O)CC3CCCC(C2)S3)c1F. The van der Waals surface area contributed by atoms with E-state index in [2.05, 4.69) is 0 Å². The van der Waals surface area contributed by atoms with E-state index in [1.807, 2.05) is 17.8 Å². The van der Waals surface area contributed by atoms with Crippen molar-refractivity contribution < 1.29 is 9.50 Å². The lowest BCUT2D eigenvalue weighted by Gasteiger charge is -2.44. The number of fused-ring (bicyclic) bond motifs is 2. The third kappa shape index (κ3) is 2.08. The van der Waals surface area contributed by atoms with Gasteiger partial charge in [-0.2, -0.15) is 11.8 Å². The molecular weight excluding hydrogens is 247 g/mol. The number of thioether (sulfide) groups is 1. The van der Waals surface area contributed by atoms with Crippen molar-refractivity contribution in [2.24, 2.45) is 0 Å². The molecule has 0 saturated carbocycles. The summed E-state index contributed by atoms with van der Waals surface area (Å²) in [7, 11) is 0. The van der Waals surface area contributed by atoms with Crippen LogP contribution in [0.2, 0.25) is 0 Å². The van der Waals surface area contributed by atoms with E-state index in [4.69, 9.17) is 0 Å². The number of hydrogen-bond donors (Lipinski definition) is 1. The molecule has 2 aliphatic rings. The van der Waals surface area contributed by atoms with E-state index in [0.717, 1.165) is 12.8 Å². The third-order valence-corrected chi connectivity index (χ3v) is 5.84. The molecule has 0 aromatic heterocycles. The van der Waals surface area contributed by atoms with Crippen LogP contribution in [0.3, 0.4) is 0 Å². The molecule has 98 valence electrons. The molecule has 1 aromatic rings. The van der Waals surface area contributed by atoms with Gasteiger partial charge in [-0.1, -0.05) is 24.6 Å². The van der Waals surface area contributed by atoms with Gasteiger partial charge in [-0.25, -0.2) is 4.39 Å². The fraction of sp³-hybridized carbons (Fsp3) is 0.600. The lowest BCUT2D eigenvalue weighted by Crippen LogP contribution is -2.41. The standard InChI is InChI=1S/C15H19FOS/c1-10-4-2-7-13(14(10)16)15(17)8-11-5-3-6-12(9-15)18-11/h2,4,7,11-12,17H,3,5-6,8-9H2,1H3. The lowest BCUT2D eigenvalue weighted by atomic mass is 9.80. The van der Waals surface area contributed by atoms with Gasteiger partial charge in [-0.15, -0.1) is 0 Å². The number of hydrogen-bond acceptors (Lipinski definition) is 2. The van der Waals surface area contributed by atoms with Crippen LogP contribution in [0.25, 0.3) is 0 Å². The second-order valence-corrected chi connectivity index (χ2v) is 7.29. The van der Waals surface area contributed by atoms with Gasteiger partial charge in [-0.05, 0) is 38.2 Å². The molecule has 3 rings (SSSR count). The van der Waals surface area contributed by atoms with Crippen LogP contribution in [0.15, 0.2) is 18.2 Å². The van der Waals surface area contributed by atoms with Crippen molar-refractivity contribution in [2.45, 2.75) is 55.1 Å². The minimum absolute atomic E-state index is 0.218. The van der Waals surface area contributed by atoms with E-state index >= 15 is 0 Å². The van der Waals surface area contributed by atoms with E-state index in [1.165, 1.54) is 6.42 Å². The topological polar surface area (TPSA) is 20.2 Å². The van der Waals surface area contributed by atoms with Gasteiger partial charge in [0.05, 0.1) is 5.60 Å². The Kier molecular flexibility index (Phi) is 3.15. The molecule has 2 fully saturated rings. The molecule has 18 heavy (non-hydrogen) atoms. The van der Waals surface area contributed by atoms with E-state index in [9.17, 15) is 9.50 Å². The Bertz CT molecular complexity index is 448. The van der Waals surface area contributed by atoms with Crippen molar-refractivity contribution in [3.05, 3.63) is 35.1 Å². The summed E-state index contributed by atoms with van der Waals surface area (Å²) in [6.45, 7) is 1.76. The molecule has 0 aliphatic carbocycles. The first-order valence-corrected chi connectivity index (χ1v) is 7.66. The maximum atomic E-state index is 14.2. The summed E-state index contributed by atoms with van der Waals surface area (Å²) in [4.78, 5) is 0. The van der Waals surface area contributed by atoms with E-state index in [1.54, 1.807) is 19.1 Å². The summed E-state index contributed by atoms with van der Waals surface area (Å²) in [6, 6.07) is 5.37. The molecule has 0 amide bonds. The zero-order chi connectivity index (χ0) is 12.8. The quantitative estimate of drug-likeness (QED) is 0.835. The summed E-state index contributed by atoms with van der Waals surface area (Å²) >= 11 is 2.00. The Labute approximate surface area is 112 Å². The van der Waals surface area contributed by atoms with Gasteiger partial charge in [0.25, 0.3) is 0 Å². The first kappa shape index (κ1) is 12.5. The van der Waals surface area contributed by atoms with Crippen LogP contribution in [0, 0.1) is 12.7 Å². The number of halogens is 1. The highest BCUT2D eigenvalue weighted by molar-refractivity contribution is 8.00. The van der Waals surface area contributed by atoms with Gasteiger partial charge in [0.1, 0.15) is 5.82 Å². The van der Waals surface area contributed by atoms with Crippen molar-refractivity contribution in [1.82, 2.24) is 0 Å². The maximum Gasteiger partial charge on any atom is 0.132 e. The first-order chi connectivity index (χ1) is 8.58. The minimum atomic E-state index is -0.947. The summed E-state index contributed by atoms with van der Waals surface area (Å²) in [5.74, 6) is -0.218.